The van der Waals surface area contributed by atoms with Crippen LogP contribution in [0.2, 0.25) is 5.02 Å². The summed E-state index contributed by atoms with van der Waals surface area (Å²) in [6.07, 6.45) is 7.71. The first-order valence-electron chi connectivity index (χ1n) is 6.02. The molecule has 98 valence electrons. The first kappa shape index (κ1) is 13.6. The smallest absolute Gasteiger partial charge is 0.169 e. The van der Waals surface area contributed by atoms with Crippen molar-refractivity contribution in [1.29, 1.82) is 5.41 Å². The third-order valence-corrected chi connectivity index (χ3v) is 4.59. The Balaban J connectivity index is 2.18. The third-order valence-electron chi connectivity index (χ3n) is 3.01. The van der Waals surface area contributed by atoms with Gasteiger partial charge in [0.25, 0.3) is 0 Å². The fourth-order valence-corrected chi connectivity index (χ4v) is 3.73. The van der Waals surface area contributed by atoms with Gasteiger partial charge in [0.2, 0.25) is 0 Å². The largest absolute Gasteiger partial charge is 0.290 e. The first-order valence-corrected chi connectivity index (χ1v) is 7.27. The van der Waals surface area contributed by atoms with Gasteiger partial charge in [0.1, 0.15) is 5.69 Å². The van der Waals surface area contributed by atoms with Gasteiger partial charge in [0.15, 0.2) is 5.84 Å². The van der Waals surface area contributed by atoms with Crippen LogP contribution in [-0.4, -0.2) is 21.3 Å². The second kappa shape index (κ2) is 6.41. The molecule has 1 heterocycles. The van der Waals surface area contributed by atoms with Gasteiger partial charge < -0.3 is 0 Å². The molecular formula is C12H16ClN3OS. The summed E-state index contributed by atoms with van der Waals surface area (Å²) in [5.74, 6) is -0.0926. The van der Waals surface area contributed by atoms with Crippen molar-refractivity contribution < 1.29 is 5.21 Å². The van der Waals surface area contributed by atoms with Crippen molar-refractivity contribution in [3.8, 4) is 0 Å². The summed E-state index contributed by atoms with van der Waals surface area (Å²) in [7, 11) is 0. The van der Waals surface area contributed by atoms with E-state index in [1.807, 2.05) is 11.5 Å². The average molecular weight is 286 g/mol. The topological polar surface area (TPSA) is 69.0 Å². The molecule has 0 atom stereocenters. The Morgan fingerprint density at radius 1 is 1.44 bits per heavy atom. The molecule has 1 aromatic rings. The predicted molar refractivity (Wildman–Crippen MR) is 73.7 cm³/mol. The van der Waals surface area contributed by atoms with Crippen molar-refractivity contribution in [3.63, 3.8) is 0 Å². The van der Waals surface area contributed by atoms with E-state index >= 15 is 0 Å². The molecule has 1 aliphatic carbocycles. The van der Waals surface area contributed by atoms with Crippen LogP contribution in [0.1, 0.15) is 37.8 Å². The number of halogens is 1. The molecule has 0 saturated heterocycles. The van der Waals surface area contributed by atoms with Crippen LogP contribution in [0.5, 0.6) is 0 Å². The quantitative estimate of drug-likeness (QED) is 0.452. The molecule has 0 bridgehead atoms. The zero-order chi connectivity index (χ0) is 13.0. The lowest BCUT2D eigenvalue weighted by molar-refractivity contribution is 0.233. The van der Waals surface area contributed by atoms with Crippen molar-refractivity contribution in [3.05, 3.63) is 23.0 Å². The van der Waals surface area contributed by atoms with E-state index in [0.29, 0.717) is 16.0 Å². The van der Waals surface area contributed by atoms with Crippen LogP contribution >= 0.6 is 23.4 Å². The molecule has 1 aliphatic rings. The minimum Gasteiger partial charge on any atom is -0.290 e. The van der Waals surface area contributed by atoms with Gasteiger partial charge in [-0.3, -0.25) is 21.1 Å². The fourth-order valence-electron chi connectivity index (χ4n) is 2.11. The van der Waals surface area contributed by atoms with Gasteiger partial charge in [-0.05, 0) is 18.9 Å². The number of pyridine rings is 1. The molecule has 0 amide bonds. The number of rotatable bonds is 3. The molecule has 0 radical (unpaired) electrons. The molecule has 2 rings (SSSR count). The summed E-state index contributed by atoms with van der Waals surface area (Å²) in [5, 5.41) is 17.6. The Bertz CT molecular complexity index is 435. The van der Waals surface area contributed by atoms with Gasteiger partial charge in [-0.1, -0.05) is 30.9 Å². The molecule has 1 aromatic heterocycles. The van der Waals surface area contributed by atoms with Crippen LogP contribution in [0, 0.1) is 5.41 Å². The number of nitrogens with zero attached hydrogens (tertiary/aromatic N) is 1. The maximum atomic E-state index is 8.83. The fraction of sp³-hybridized carbons (Fsp3) is 0.500. The van der Waals surface area contributed by atoms with Crippen LogP contribution in [0.15, 0.2) is 17.2 Å². The summed E-state index contributed by atoms with van der Waals surface area (Å²) in [6.45, 7) is 0. The summed E-state index contributed by atoms with van der Waals surface area (Å²) >= 11 is 7.66. The highest BCUT2D eigenvalue weighted by atomic mass is 35.5. The average Bonchev–Trinajstić information content (AvgIpc) is 2.39. The Morgan fingerprint density at radius 3 is 2.83 bits per heavy atom. The van der Waals surface area contributed by atoms with E-state index in [4.69, 9.17) is 22.2 Å². The van der Waals surface area contributed by atoms with E-state index in [1.165, 1.54) is 38.3 Å². The van der Waals surface area contributed by atoms with E-state index in [9.17, 15) is 0 Å². The van der Waals surface area contributed by atoms with Gasteiger partial charge in [0.05, 0.1) is 5.02 Å². The minimum atomic E-state index is -0.0926. The van der Waals surface area contributed by atoms with Crippen LogP contribution in [0.4, 0.5) is 0 Å². The lowest BCUT2D eigenvalue weighted by Crippen LogP contribution is -2.21. The van der Waals surface area contributed by atoms with E-state index in [2.05, 4.69) is 4.98 Å². The molecule has 3 N–H and O–H groups in total. The van der Waals surface area contributed by atoms with Crippen molar-refractivity contribution in [2.24, 2.45) is 0 Å². The normalized spacial score (nSPS) is 16.6. The van der Waals surface area contributed by atoms with Gasteiger partial charge in [0, 0.05) is 16.3 Å². The van der Waals surface area contributed by atoms with Crippen LogP contribution in [0.3, 0.4) is 0 Å². The molecule has 1 fully saturated rings. The van der Waals surface area contributed by atoms with Gasteiger partial charge in [-0.15, -0.1) is 11.8 Å². The molecule has 0 aliphatic heterocycles. The van der Waals surface area contributed by atoms with Crippen molar-refractivity contribution in [2.45, 2.75) is 42.2 Å². The molecule has 4 nitrogen and oxygen atoms in total. The van der Waals surface area contributed by atoms with Gasteiger partial charge in [-0.2, -0.15) is 0 Å². The van der Waals surface area contributed by atoms with E-state index in [0.717, 1.165) is 4.90 Å². The Morgan fingerprint density at radius 2 is 2.17 bits per heavy atom. The number of hydroxylamine groups is 1. The number of thioether (sulfide) groups is 1. The second-order valence-corrected chi connectivity index (χ2v) is 6.14. The van der Waals surface area contributed by atoms with E-state index in [1.54, 1.807) is 11.8 Å². The third kappa shape index (κ3) is 3.37. The zero-order valence-corrected chi connectivity index (χ0v) is 11.5. The number of amidine groups is 1. The highest BCUT2D eigenvalue weighted by Crippen LogP contribution is 2.35. The van der Waals surface area contributed by atoms with Crippen LogP contribution in [0.25, 0.3) is 0 Å². The maximum absolute atomic E-state index is 8.83. The predicted octanol–water partition coefficient (Wildman–Crippen LogP) is 3.46. The lowest BCUT2D eigenvalue weighted by Gasteiger charge is -2.21. The number of hydrogen-bond acceptors (Lipinski definition) is 4. The second-order valence-electron chi connectivity index (χ2n) is 4.36. The SMILES string of the molecule is N=C(NO)c1ncc(Cl)cc1SC1CCCCC1. The van der Waals surface area contributed by atoms with Crippen molar-refractivity contribution in [1.82, 2.24) is 10.5 Å². The summed E-state index contributed by atoms with van der Waals surface area (Å²) in [5.41, 5.74) is 2.30. The highest BCUT2D eigenvalue weighted by molar-refractivity contribution is 8.00. The number of aromatic nitrogens is 1. The summed E-state index contributed by atoms with van der Waals surface area (Å²) in [4.78, 5) is 4.98. The number of nitrogens with one attached hydrogen (secondary N) is 2. The zero-order valence-electron chi connectivity index (χ0n) is 9.95. The Hall–Kier alpha value is -0.780. The van der Waals surface area contributed by atoms with Crippen molar-refractivity contribution in [2.75, 3.05) is 0 Å². The summed E-state index contributed by atoms with van der Waals surface area (Å²) < 4.78 is 0. The Labute approximate surface area is 116 Å². The molecule has 18 heavy (non-hydrogen) atoms. The monoisotopic (exact) mass is 285 g/mol. The lowest BCUT2D eigenvalue weighted by atomic mass is 10.0. The van der Waals surface area contributed by atoms with Crippen LogP contribution in [-0.2, 0) is 0 Å². The molecule has 6 heteroatoms. The highest BCUT2D eigenvalue weighted by Gasteiger charge is 2.18. The molecular weight excluding hydrogens is 270 g/mol. The van der Waals surface area contributed by atoms with Gasteiger partial charge in [-0.25, -0.2) is 0 Å². The van der Waals surface area contributed by atoms with E-state index in [-0.39, 0.29) is 5.84 Å². The molecule has 1 saturated carbocycles. The van der Waals surface area contributed by atoms with Gasteiger partial charge >= 0.3 is 0 Å². The Kier molecular flexibility index (Phi) is 4.86. The van der Waals surface area contributed by atoms with E-state index < -0.39 is 0 Å². The number of hydrogen-bond donors (Lipinski definition) is 3. The standard InChI is InChI=1S/C12H16ClN3OS/c13-8-6-10(11(15-7-8)12(14)16-17)18-9-4-2-1-3-5-9/h6-7,9,17H,1-5H2,(H2,14,16). The minimum absolute atomic E-state index is 0.0926. The van der Waals surface area contributed by atoms with Crippen molar-refractivity contribution >= 4 is 29.2 Å². The first-order chi connectivity index (χ1) is 8.70. The molecule has 0 spiro atoms. The van der Waals surface area contributed by atoms with Crippen LogP contribution < -0.4 is 5.48 Å². The molecule has 0 aromatic carbocycles. The molecule has 0 unspecified atom stereocenters. The maximum Gasteiger partial charge on any atom is 0.169 e. The summed E-state index contributed by atoms with van der Waals surface area (Å²) in [6, 6.07) is 1.81.